The number of sulfonamides is 1. The average molecular weight is 398 g/mol. The molecule has 1 aromatic carbocycles. The van der Waals surface area contributed by atoms with Gasteiger partial charge in [0.05, 0.1) is 0 Å². The molecule has 0 aliphatic carbocycles. The molecule has 2 rings (SSSR count). The van der Waals surface area contributed by atoms with E-state index in [0.29, 0.717) is 12.6 Å². The minimum atomic E-state index is -4.05. The number of amides is 1. The lowest BCUT2D eigenvalue weighted by Crippen LogP contribution is -2.52. The number of carbonyl (C=O) groups is 1. The van der Waals surface area contributed by atoms with E-state index < -0.39 is 26.6 Å². The lowest BCUT2D eigenvalue weighted by molar-refractivity contribution is -0.136. The van der Waals surface area contributed by atoms with Crippen LogP contribution in [0.1, 0.15) is 6.92 Å². The van der Waals surface area contributed by atoms with Crippen LogP contribution in [-0.2, 0) is 14.8 Å². The maximum atomic E-state index is 13.8. The third kappa shape index (κ3) is 4.87. The average Bonchev–Trinajstić information content (AvgIpc) is 2.54. The lowest BCUT2D eigenvalue weighted by atomic mass is 10.1. The van der Waals surface area contributed by atoms with Crippen molar-refractivity contribution < 1.29 is 22.0 Å². The Morgan fingerprint density at radius 2 is 1.84 bits per heavy atom. The van der Waals surface area contributed by atoms with Crippen molar-refractivity contribution in [2.75, 3.05) is 39.8 Å². The fourth-order valence-electron chi connectivity index (χ4n) is 2.68. The number of nitrogens with zero attached hydrogens (tertiary/aromatic N) is 2. The van der Waals surface area contributed by atoms with Crippen molar-refractivity contribution in [2.45, 2.75) is 11.8 Å². The first-order valence-electron chi connectivity index (χ1n) is 7.66. The summed E-state index contributed by atoms with van der Waals surface area (Å²) in [4.78, 5) is 13.3. The summed E-state index contributed by atoms with van der Waals surface area (Å²) in [6.45, 7) is 2.99. The molecule has 1 aliphatic heterocycles. The molecule has 1 atom stereocenters. The standard InChI is InChI=1S/C15H21F2N3O3S.ClH/c1-11(10-18-2)15(21)19-5-7-20(8-6-19)24(22,23)14-4-3-12(16)9-13(14)17;/h3-4,9,11,18H,5-8,10H2,1-2H3;1H. The molecule has 142 valence electrons. The molecule has 6 nitrogen and oxygen atoms in total. The third-order valence-electron chi connectivity index (χ3n) is 3.99. The lowest BCUT2D eigenvalue weighted by Gasteiger charge is -2.35. The van der Waals surface area contributed by atoms with Crippen LogP contribution in [0.4, 0.5) is 8.78 Å². The first-order chi connectivity index (χ1) is 11.3. The predicted octanol–water partition coefficient (Wildman–Crippen LogP) is 1.07. The molecule has 1 amide bonds. The Morgan fingerprint density at radius 3 is 2.36 bits per heavy atom. The minimum Gasteiger partial charge on any atom is -0.340 e. The molecule has 1 unspecified atom stereocenters. The highest BCUT2D eigenvalue weighted by Crippen LogP contribution is 2.21. The van der Waals surface area contributed by atoms with E-state index in [2.05, 4.69) is 5.32 Å². The zero-order valence-electron chi connectivity index (χ0n) is 14.0. The van der Waals surface area contributed by atoms with Crippen molar-refractivity contribution in [1.29, 1.82) is 0 Å². The second-order valence-corrected chi connectivity index (χ2v) is 7.67. The molecule has 0 saturated carbocycles. The van der Waals surface area contributed by atoms with Gasteiger partial charge in [0.25, 0.3) is 0 Å². The number of hydrogen-bond acceptors (Lipinski definition) is 4. The van der Waals surface area contributed by atoms with Crippen LogP contribution < -0.4 is 5.32 Å². The zero-order valence-corrected chi connectivity index (χ0v) is 15.7. The number of halogens is 3. The SMILES string of the molecule is CNCC(C)C(=O)N1CCN(S(=O)(=O)c2ccc(F)cc2F)CC1.Cl. The van der Waals surface area contributed by atoms with Gasteiger partial charge >= 0.3 is 0 Å². The molecule has 0 bridgehead atoms. The van der Waals surface area contributed by atoms with E-state index in [1.54, 1.807) is 18.9 Å². The van der Waals surface area contributed by atoms with Crippen LogP contribution in [0.2, 0.25) is 0 Å². The van der Waals surface area contributed by atoms with Crippen molar-refractivity contribution in [2.24, 2.45) is 5.92 Å². The van der Waals surface area contributed by atoms with E-state index >= 15 is 0 Å². The Morgan fingerprint density at radius 1 is 1.24 bits per heavy atom. The zero-order chi connectivity index (χ0) is 17.9. The number of nitrogens with one attached hydrogen (secondary N) is 1. The smallest absolute Gasteiger partial charge is 0.246 e. The van der Waals surface area contributed by atoms with E-state index in [-0.39, 0.29) is 50.4 Å². The molecular formula is C15H22ClF2N3O3S. The molecular weight excluding hydrogens is 376 g/mol. The highest BCUT2D eigenvalue weighted by atomic mass is 35.5. The summed E-state index contributed by atoms with van der Waals surface area (Å²) in [6.07, 6.45) is 0. The van der Waals surface area contributed by atoms with E-state index in [9.17, 15) is 22.0 Å². The first-order valence-corrected chi connectivity index (χ1v) is 9.10. The molecule has 0 radical (unpaired) electrons. The summed E-state index contributed by atoms with van der Waals surface area (Å²) in [5.41, 5.74) is 0. The van der Waals surface area contributed by atoms with Crippen LogP contribution in [0.15, 0.2) is 23.1 Å². The molecule has 1 N–H and O–H groups in total. The molecule has 10 heteroatoms. The Kier molecular flexibility index (Phi) is 7.73. The highest BCUT2D eigenvalue weighted by Gasteiger charge is 2.32. The minimum absolute atomic E-state index is 0. The quantitative estimate of drug-likeness (QED) is 0.807. The number of carbonyl (C=O) groups excluding carboxylic acids is 1. The van der Waals surface area contributed by atoms with Crippen LogP contribution >= 0.6 is 12.4 Å². The molecule has 1 fully saturated rings. The normalized spacial score (nSPS) is 17.0. The van der Waals surface area contributed by atoms with Crippen molar-refractivity contribution >= 4 is 28.3 Å². The van der Waals surface area contributed by atoms with Crippen LogP contribution in [0.3, 0.4) is 0 Å². The fraction of sp³-hybridized carbons (Fsp3) is 0.533. The first kappa shape index (κ1) is 21.8. The molecule has 0 spiro atoms. The van der Waals surface area contributed by atoms with Crippen LogP contribution in [0, 0.1) is 17.6 Å². The van der Waals surface area contributed by atoms with Gasteiger partial charge in [-0.3, -0.25) is 4.79 Å². The predicted molar refractivity (Wildman–Crippen MR) is 92.0 cm³/mol. The van der Waals surface area contributed by atoms with E-state index in [1.807, 2.05) is 0 Å². The Hall–Kier alpha value is -1.29. The van der Waals surface area contributed by atoms with Crippen molar-refractivity contribution in [1.82, 2.24) is 14.5 Å². The number of benzene rings is 1. The summed E-state index contributed by atoms with van der Waals surface area (Å²) in [6, 6.07) is 2.38. The third-order valence-corrected chi connectivity index (χ3v) is 5.93. The van der Waals surface area contributed by atoms with Gasteiger partial charge in [-0.15, -0.1) is 12.4 Å². The van der Waals surface area contributed by atoms with Gasteiger partial charge in [0, 0.05) is 44.7 Å². The second kappa shape index (κ2) is 8.88. The number of rotatable bonds is 5. The van der Waals surface area contributed by atoms with Gasteiger partial charge in [0.15, 0.2) is 0 Å². The van der Waals surface area contributed by atoms with Gasteiger partial charge in [0.2, 0.25) is 15.9 Å². The van der Waals surface area contributed by atoms with Crippen LogP contribution in [0.5, 0.6) is 0 Å². The number of piperazine rings is 1. The van der Waals surface area contributed by atoms with Gasteiger partial charge in [-0.2, -0.15) is 4.31 Å². The van der Waals surface area contributed by atoms with Crippen LogP contribution in [-0.4, -0.2) is 63.3 Å². The molecule has 1 aliphatic rings. The van der Waals surface area contributed by atoms with E-state index in [4.69, 9.17) is 0 Å². The van der Waals surface area contributed by atoms with Gasteiger partial charge in [-0.25, -0.2) is 17.2 Å². The monoisotopic (exact) mass is 397 g/mol. The van der Waals surface area contributed by atoms with Crippen molar-refractivity contribution in [3.05, 3.63) is 29.8 Å². The van der Waals surface area contributed by atoms with Crippen molar-refractivity contribution in [3.8, 4) is 0 Å². The Balaban J connectivity index is 0.00000312. The highest BCUT2D eigenvalue weighted by molar-refractivity contribution is 7.89. The molecule has 0 aromatic heterocycles. The summed E-state index contributed by atoms with van der Waals surface area (Å²) in [5.74, 6) is -2.20. The topological polar surface area (TPSA) is 69.7 Å². The summed E-state index contributed by atoms with van der Waals surface area (Å²) >= 11 is 0. The maximum absolute atomic E-state index is 13.8. The summed E-state index contributed by atoms with van der Waals surface area (Å²) < 4.78 is 52.8. The van der Waals surface area contributed by atoms with Gasteiger partial charge in [-0.05, 0) is 19.2 Å². The van der Waals surface area contributed by atoms with Gasteiger partial charge in [-0.1, -0.05) is 6.92 Å². The van der Waals surface area contributed by atoms with E-state index in [0.717, 1.165) is 16.4 Å². The molecule has 1 saturated heterocycles. The van der Waals surface area contributed by atoms with E-state index in [1.165, 1.54) is 0 Å². The molecule has 25 heavy (non-hydrogen) atoms. The Labute approximate surface area is 152 Å². The largest absolute Gasteiger partial charge is 0.340 e. The molecule has 1 heterocycles. The van der Waals surface area contributed by atoms with Crippen LogP contribution in [0.25, 0.3) is 0 Å². The Bertz CT molecular complexity index is 710. The van der Waals surface area contributed by atoms with Gasteiger partial charge < -0.3 is 10.2 Å². The maximum Gasteiger partial charge on any atom is 0.246 e. The number of hydrogen-bond donors (Lipinski definition) is 1. The summed E-state index contributed by atoms with van der Waals surface area (Å²) in [5, 5.41) is 2.93. The van der Waals surface area contributed by atoms with Gasteiger partial charge in [0.1, 0.15) is 16.5 Å². The fourth-order valence-corrected chi connectivity index (χ4v) is 4.15. The van der Waals surface area contributed by atoms with Crippen molar-refractivity contribution in [3.63, 3.8) is 0 Å². The second-order valence-electron chi connectivity index (χ2n) is 5.76. The summed E-state index contributed by atoms with van der Waals surface area (Å²) in [7, 11) is -2.29. The molecule has 1 aromatic rings.